The summed E-state index contributed by atoms with van der Waals surface area (Å²) >= 11 is 5.77. The highest BCUT2D eigenvalue weighted by Crippen LogP contribution is 2.31. The van der Waals surface area contributed by atoms with E-state index < -0.39 is 23.6 Å². The van der Waals surface area contributed by atoms with E-state index in [1.54, 1.807) is 12.1 Å². The second kappa shape index (κ2) is 8.41. The average molecular weight is 426 g/mol. The van der Waals surface area contributed by atoms with E-state index in [4.69, 9.17) is 11.6 Å². The number of amides is 2. The van der Waals surface area contributed by atoms with Crippen LogP contribution in [0.5, 0.6) is 0 Å². The fraction of sp³-hybridized carbons (Fsp3) is 0.350. The van der Waals surface area contributed by atoms with E-state index in [-0.39, 0.29) is 18.0 Å². The summed E-state index contributed by atoms with van der Waals surface area (Å²) in [5.74, 6) is -0.938. The third-order valence-electron chi connectivity index (χ3n) is 4.71. The maximum Gasteiger partial charge on any atom is 0.416 e. The van der Waals surface area contributed by atoms with Crippen molar-refractivity contribution < 1.29 is 22.8 Å². The number of carbonyl (C=O) groups is 2. The van der Waals surface area contributed by atoms with Gasteiger partial charge in [0, 0.05) is 24.8 Å². The molecule has 5 nitrogen and oxygen atoms in total. The van der Waals surface area contributed by atoms with E-state index in [2.05, 4.69) is 10.3 Å². The van der Waals surface area contributed by atoms with Gasteiger partial charge < -0.3 is 10.2 Å². The first-order valence-corrected chi connectivity index (χ1v) is 9.42. The van der Waals surface area contributed by atoms with E-state index in [9.17, 15) is 22.8 Å². The van der Waals surface area contributed by atoms with Gasteiger partial charge in [-0.3, -0.25) is 9.59 Å². The number of nitrogens with one attached hydrogen (secondary N) is 1. The monoisotopic (exact) mass is 425 g/mol. The Bertz CT molecular complexity index is 916. The zero-order chi connectivity index (χ0) is 21.2. The third-order valence-corrected chi connectivity index (χ3v) is 4.93. The normalized spacial score (nSPS) is 17.1. The molecular formula is C20H19ClF3N3O2. The van der Waals surface area contributed by atoms with Gasteiger partial charge in [0.05, 0.1) is 16.5 Å². The Morgan fingerprint density at radius 3 is 2.66 bits per heavy atom. The van der Waals surface area contributed by atoms with Crippen LogP contribution in [-0.4, -0.2) is 34.8 Å². The Kier molecular flexibility index (Phi) is 6.12. The second-order valence-electron chi connectivity index (χ2n) is 7.03. The SMILES string of the molecule is Cc1cc(C(=O)N2CCCC(C(=O)Nc3ccc(Cl)cn3)C2)cc(C(F)(F)F)c1. The van der Waals surface area contributed by atoms with Crippen LogP contribution in [0.2, 0.25) is 5.02 Å². The minimum atomic E-state index is -4.53. The van der Waals surface area contributed by atoms with Crippen molar-refractivity contribution in [1.82, 2.24) is 9.88 Å². The lowest BCUT2D eigenvalue weighted by Gasteiger charge is -2.32. The molecule has 9 heteroatoms. The average Bonchev–Trinajstić information content (AvgIpc) is 2.68. The quantitative estimate of drug-likeness (QED) is 0.784. The molecular weight excluding hydrogens is 407 g/mol. The second-order valence-corrected chi connectivity index (χ2v) is 7.46. The Labute approximate surface area is 170 Å². The number of piperidine rings is 1. The summed E-state index contributed by atoms with van der Waals surface area (Å²) in [6.45, 7) is 2.03. The van der Waals surface area contributed by atoms with Gasteiger partial charge in [-0.2, -0.15) is 13.2 Å². The molecule has 2 aromatic rings. The number of anilines is 1. The predicted octanol–water partition coefficient (Wildman–Crippen LogP) is 4.55. The van der Waals surface area contributed by atoms with Gasteiger partial charge in [0.1, 0.15) is 5.82 Å². The first kappa shape index (κ1) is 21.1. The Morgan fingerprint density at radius 1 is 1.24 bits per heavy atom. The molecule has 2 heterocycles. The molecule has 0 radical (unpaired) electrons. The molecule has 1 atom stereocenters. The van der Waals surface area contributed by atoms with Crippen LogP contribution in [0.3, 0.4) is 0 Å². The standard InChI is InChI=1S/C20H19ClF3N3O2/c1-12-7-14(9-15(8-12)20(22,23)24)19(29)27-6-2-3-13(11-27)18(28)26-17-5-4-16(21)10-25-17/h4-5,7-10,13H,2-3,6,11H2,1H3,(H,25,26,28). The molecule has 1 fully saturated rings. The summed E-state index contributed by atoms with van der Waals surface area (Å²) in [5, 5.41) is 3.12. The fourth-order valence-electron chi connectivity index (χ4n) is 3.31. The molecule has 2 amide bonds. The van der Waals surface area contributed by atoms with Gasteiger partial charge in [0.25, 0.3) is 5.91 Å². The Hall–Kier alpha value is -2.61. The first-order valence-electron chi connectivity index (χ1n) is 9.04. The number of rotatable bonds is 3. The molecule has 0 spiro atoms. The van der Waals surface area contributed by atoms with Gasteiger partial charge in [-0.25, -0.2) is 4.98 Å². The van der Waals surface area contributed by atoms with E-state index >= 15 is 0 Å². The Balaban J connectivity index is 1.71. The summed E-state index contributed by atoms with van der Waals surface area (Å²) in [7, 11) is 0. The summed E-state index contributed by atoms with van der Waals surface area (Å²) in [5.41, 5.74) is -0.540. The minimum Gasteiger partial charge on any atom is -0.338 e. The van der Waals surface area contributed by atoms with Crippen molar-refractivity contribution in [3.8, 4) is 0 Å². The van der Waals surface area contributed by atoms with Crippen molar-refractivity contribution in [2.75, 3.05) is 18.4 Å². The summed E-state index contributed by atoms with van der Waals surface area (Å²) in [6, 6.07) is 6.45. The zero-order valence-corrected chi connectivity index (χ0v) is 16.3. The molecule has 154 valence electrons. The number of alkyl halides is 3. The highest BCUT2D eigenvalue weighted by atomic mass is 35.5. The highest BCUT2D eigenvalue weighted by molar-refractivity contribution is 6.30. The lowest BCUT2D eigenvalue weighted by Crippen LogP contribution is -2.43. The Morgan fingerprint density at radius 2 is 2.00 bits per heavy atom. The van der Waals surface area contributed by atoms with Gasteiger partial charge in [0.15, 0.2) is 0 Å². The van der Waals surface area contributed by atoms with Gasteiger partial charge >= 0.3 is 6.18 Å². The number of hydrogen-bond donors (Lipinski definition) is 1. The number of carbonyl (C=O) groups excluding carboxylic acids is 2. The van der Waals surface area contributed by atoms with E-state index in [0.717, 1.165) is 12.1 Å². The zero-order valence-electron chi connectivity index (χ0n) is 15.6. The highest BCUT2D eigenvalue weighted by Gasteiger charge is 2.33. The van der Waals surface area contributed by atoms with E-state index in [0.29, 0.717) is 35.8 Å². The number of pyridine rings is 1. The number of hydrogen-bond acceptors (Lipinski definition) is 3. The topological polar surface area (TPSA) is 62.3 Å². The molecule has 0 aliphatic carbocycles. The largest absolute Gasteiger partial charge is 0.416 e. The van der Waals surface area contributed by atoms with Crippen molar-refractivity contribution in [3.05, 3.63) is 58.2 Å². The maximum absolute atomic E-state index is 13.1. The number of aryl methyl sites for hydroxylation is 1. The van der Waals surface area contributed by atoms with Crippen LogP contribution in [0.1, 0.15) is 34.3 Å². The molecule has 1 aliphatic rings. The summed E-state index contributed by atoms with van der Waals surface area (Å²) in [6.07, 6.45) is -1.97. The van der Waals surface area contributed by atoms with Gasteiger partial charge in [-0.15, -0.1) is 0 Å². The molecule has 3 rings (SSSR count). The fourth-order valence-corrected chi connectivity index (χ4v) is 3.42. The lowest BCUT2D eigenvalue weighted by molar-refractivity contribution is -0.137. The molecule has 1 aromatic carbocycles. The molecule has 1 unspecified atom stereocenters. The van der Waals surface area contributed by atoms with Crippen molar-refractivity contribution in [1.29, 1.82) is 0 Å². The van der Waals surface area contributed by atoms with Crippen LogP contribution < -0.4 is 5.32 Å². The summed E-state index contributed by atoms with van der Waals surface area (Å²) < 4.78 is 39.2. The predicted molar refractivity (Wildman–Crippen MR) is 103 cm³/mol. The molecule has 1 aromatic heterocycles. The van der Waals surface area contributed by atoms with E-state index in [1.807, 2.05) is 0 Å². The van der Waals surface area contributed by atoms with Crippen molar-refractivity contribution >= 4 is 29.2 Å². The molecule has 0 saturated carbocycles. The third kappa shape index (κ3) is 5.26. The van der Waals surface area contributed by atoms with Crippen LogP contribution in [0.4, 0.5) is 19.0 Å². The smallest absolute Gasteiger partial charge is 0.338 e. The van der Waals surface area contributed by atoms with Crippen LogP contribution in [0, 0.1) is 12.8 Å². The van der Waals surface area contributed by atoms with Crippen LogP contribution in [-0.2, 0) is 11.0 Å². The molecule has 1 N–H and O–H groups in total. The molecule has 1 aliphatic heterocycles. The van der Waals surface area contributed by atoms with Gasteiger partial charge in [-0.05, 0) is 55.7 Å². The number of halogens is 4. The first-order chi connectivity index (χ1) is 13.6. The van der Waals surface area contributed by atoms with Crippen molar-refractivity contribution in [3.63, 3.8) is 0 Å². The van der Waals surface area contributed by atoms with E-state index in [1.165, 1.54) is 24.1 Å². The van der Waals surface area contributed by atoms with Crippen LogP contribution in [0.15, 0.2) is 36.5 Å². The summed E-state index contributed by atoms with van der Waals surface area (Å²) in [4.78, 5) is 30.8. The maximum atomic E-state index is 13.1. The molecule has 0 bridgehead atoms. The minimum absolute atomic E-state index is 0.0299. The van der Waals surface area contributed by atoms with Gasteiger partial charge in [-0.1, -0.05) is 11.6 Å². The molecule has 1 saturated heterocycles. The van der Waals surface area contributed by atoms with Crippen molar-refractivity contribution in [2.24, 2.45) is 5.92 Å². The van der Waals surface area contributed by atoms with Crippen LogP contribution >= 0.6 is 11.6 Å². The van der Waals surface area contributed by atoms with Gasteiger partial charge in [0.2, 0.25) is 5.91 Å². The number of nitrogens with zero attached hydrogens (tertiary/aromatic N) is 2. The van der Waals surface area contributed by atoms with Crippen LogP contribution in [0.25, 0.3) is 0 Å². The number of aromatic nitrogens is 1. The molecule has 29 heavy (non-hydrogen) atoms. The number of benzene rings is 1. The number of likely N-dealkylation sites (tertiary alicyclic amines) is 1. The lowest BCUT2D eigenvalue weighted by atomic mass is 9.96. The van der Waals surface area contributed by atoms with Crippen molar-refractivity contribution in [2.45, 2.75) is 25.9 Å².